The fourth-order valence-corrected chi connectivity index (χ4v) is 6.60. The van der Waals surface area contributed by atoms with Gasteiger partial charge in [-0.1, -0.05) is 30.3 Å². The van der Waals surface area contributed by atoms with E-state index in [1.54, 1.807) is 53.7 Å². The average Bonchev–Trinajstić information content (AvgIpc) is 3.33. The second-order valence-electron chi connectivity index (χ2n) is 8.09. The number of carbonyl (C=O) groups is 1. The summed E-state index contributed by atoms with van der Waals surface area (Å²) in [7, 11) is -2.31. The fraction of sp³-hybridized carbons (Fsp3) is 0.320. The molecular formula is C25H27FN2O4S2. The third-order valence-corrected chi connectivity index (χ3v) is 8.78. The van der Waals surface area contributed by atoms with Gasteiger partial charge in [-0.05, 0) is 59.7 Å². The summed E-state index contributed by atoms with van der Waals surface area (Å²) in [6, 6.07) is 15.9. The molecule has 1 unspecified atom stereocenters. The van der Waals surface area contributed by atoms with Crippen LogP contribution >= 0.6 is 11.3 Å². The van der Waals surface area contributed by atoms with Crippen molar-refractivity contribution in [1.29, 1.82) is 0 Å². The van der Waals surface area contributed by atoms with Crippen molar-refractivity contribution in [3.8, 4) is 0 Å². The molecule has 0 radical (unpaired) electrons. The van der Waals surface area contributed by atoms with Crippen molar-refractivity contribution in [2.24, 2.45) is 0 Å². The van der Waals surface area contributed by atoms with Crippen LogP contribution in [0.15, 0.2) is 70.9 Å². The van der Waals surface area contributed by atoms with Crippen LogP contribution in [0.3, 0.4) is 0 Å². The summed E-state index contributed by atoms with van der Waals surface area (Å²) >= 11 is 1.64. The molecule has 0 saturated carbocycles. The van der Waals surface area contributed by atoms with E-state index in [1.165, 1.54) is 33.4 Å². The molecule has 1 atom stereocenters. The number of nitrogens with zero attached hydrogens (tertiary/aromatic N) is 2. The number of rotatable bonds is 9. The number of hydrogen-bond acceptors (Lipinski definition) is 5. The molecule has 1 aliphatic heterocycles. The Morgan fingerprint density at radius 1 is 1.15 bits per heavy atom. The molecule has 2 aromatic carbocycles. The molecule has 0 bridgehead atoms. The third-order valence-electron chi connectivity index (χ3n) is 5.92. The van der Waals surface area contributed by atoms with Gasteiger partial charge in [-0.3, -0.25) is 4.79 Å². The van der Waals surface area contributed by atoms with Crippen LogP contribution in [-0.2, 0) is 26.0 Å². The first-order valence-corrected chi connectivity index (χ1v) is 13.4. The van der Waals surface area contributed by atoms with Gasteiger partial charge >= 0.3 is 0 Å². The Balaban J connectivity index is 1.64. The van der Waals surface area contributed by atoms with Gasteiger partial charge < -0.3 is 9.64 Å². The van der Waals surface area contributed by atoms with E-state index in [2.05, 4.69) is 0 Å². The number of halogens is 1. The number of thiophene rings is 1. The van der Waals surface area contributed by atoms with Crippen LogP contribution in [0.4, 0.5) is 4.39 Å². The zero-order valence-corrected chi connectivity index (χ0v) is 20.5. The monoisotopic (exact) mass is 502 g/mol. The van der Waals surface area contributed by atoms with Gasteiger partial charge in [0.25, 0.3) is 0 Å². The Labute approximate surface area is 203 Å². The quantitative estimate of drug-likeness (QED) is 0.414. The van der Waals surface area contributed by atoms with Crippen LogP contribution in [0.5, 0.6) is 0 Å². The van der Waals surface area contributed by atoms with Gasteiger partial charge in [0, 0.05) is 31.7 Å². The van der Waals surface area contributed by atoms with Crippen molar-refractivity contribution in [1.82, 2.24) is 9.21 Å². The summed E-state index contributed by atoms with van der Waals surface area (Å²) < 4.78 is 46.7. The molecule has 180 valence electrons. The average molecular weight is 503 g/mol. The molecule has 0 saturated heterocycles. The summed E-state index contributed by atoms with van der Waals surface area (Å²) in [5.41, 5.74) is 1.80. The summed E-state index contributed by atoms with van der Waals surface area (Å²) in [4.78, 5) is 16.7. The maximum Gasteiger partial charge on any atom is 0.243 e. The van der Waals surface area contributed by atoms with E-state index in [4.69, 9.17) is 4.74 Å². The van der Waals surface area contributed by atoms with Gasteiger partial charge in [0.05, 0.1) is 17.5 Å². The van der Waals surface area contributed by atoms with E-state index in [0.717, 1.165) is 11.1 Å². The number of sulfonamides is 1. The van der Waals surface area contributed by atoms with Gasteiger partial charge in [0.15, 0.2) is 0 Å². The van der Waals surface area contributed by atoms with Crippen LogP contribution in [0.25, 0.3) is 0 Å². The lowest BCUT2D eigenvalue weighted by Crippen LogP contribution is -2.47. The van der Waals surface area contributed by atoms with E-state index in [1.807, 2.05) is 11.4 Å². The minimum Gasteiger partial charge on any atom is -0.385 e. The molecule has 9 heteroatoms. The molecule has 2 heterocycles. The van der Waals surface area contributed by atoms with E-state index < -0.39 is 10.0 Å². The molecule has 6 nitrogen and oxygen atoms in total. The number of ether oxygens (including phenoxy) is 1. The Morgan fingerprint density at radius 2 is 1.88 bits per heavy atom. The molecule has 0 spiro atoms. The summed E-state index contributed by atoms with van der Waals surface area (Å²) in [5, 5.41) is 1.99. The van der Waals surface area contributed by atoms with Crippen LogP contribution in [-0.4, -0.2) is 56.9 Å². The highest BCUT2D eigenvalue weighted by Gasteiger charge is 2.35. The maximum atomic E-state index is 13.6. The molecule has 0 fully saturated rings. The first-order valence-electron chi connectivity index (χ1n) is 11.1. The summed E-state index contributed by atoms with van der Waals surface area (Å²) in [5.74, 6) is -0.635. The molecule has 0 aliphatic carbocycles. The third kappa shape index (κ3) is 5.22. The van der Waals surface area contributed by atoms with Crippen molar-refractivity contribution in [3.63, 3.8) is 0 Å². The Bertz CT molecular complexity index is 1210. The Hall–Kier alpha value is -2.59. The maximum absolute atomic E-state index is 13.6. The van der Waals surface area contributed by atoms with Crippen molar-refractivity contribution in [2.75, 3.05) is 33.4 Å². The second kappa shape index (κ2) is 10.8. The minimum atomic E-state index is -3.87. The number of methoxy groups -OCH3 is 1. The molecule has 34 heavy (non-hydrogen) atoms. The van der Waals surface area contributed by atoms with Crippen LogP contribution in [0, 0.1) is 5.82 Å². The van der Waals surface area contributed by atoms with Crippen LogP contribution < -0.4 is 0 Å². The topological polar surface area (TPSA) is 66.9 Å². The predicted octanol–water partition coefficient (Wildman–Crippen LogP) is 4.09. The standard InChI is InChI=1S/C25H27FN2O4S2/c1-32-16-5-14-27(34(30,31)21-6-3-2-4-7-21)18-24(29)28-15-12-23-22(13-17-33-23)25(28)19-8-10-20(26)11-9-19/h2-4,6-11,13,17,25H,5,12,14-16,18H2,1H3. The number of amides is 1. The minimum absolute atomic E-state index is 0.147. The number of fused-ring (bicyclic) bond motifs is 1. The number of benzene rings is 2. The SMILES string of the molecule is COCCCN(CC(=O)N1CCc2sccc2C1c1ccc(F)cc1)S(=O)(=O)c1ccccc1. The van der Waals surface area contributed by atoms with Crippen molar-refractivity contribution >= 4 is 27.3 Å². The highest BCUT2D eigenvalue weighted by molar-refractivity contribution is 7.89. The van der Waals surface area contributed by atoms with Gasteiger partial charge in [0.2, 0.25) is 15.9 Å². The zero-order valence-electron chi connectivity index (χ0n) is 18.9. The molecule has 1 amide bonds. The molecule has 3 aromatic rings. The molecular weight excluding hydrogens is 475 g/mol. The predicted molar refractivity (Wildman–Crippen MR) is 130 cm³/mol. The van der Waals surface area contributed by atoms with Crippen molar-refractivity contribution < 1.29 is 22.3 Å². The Kier molecular flexibility index (Phi) is 7.77. The summed E-state index contributed by atoms with van der Waals surface area (Å²) in [6.45, 7) is 0.731. The number of hydrogen-bond donors (Lipinski definition) is 0. The van der Waals surface area contributed by atoms with E-state index in [0.29, 0.717) is 26.0 Å². The van der Waals surface area contributed by atoms with Crippen LogP contribution in [0.2, 0.25) is 0 Å². The van der Waals surface area contributed by atoms with E-state index in [-0.39, 0.29) is 35.8 Å². The highest BCUT2D eigenvalue weighted by Crippen LogP contribution is 2.38. The van der Waals surface area contributed by atoms with Gasteiger partial charge in [0.1, 0.15) is 5.82 Å². The lowest BCUT2D eigenvalue weighted by atomic mass is 9.93. The van der Waals surface area contributed by atoms with Gasteiger partial charge in [-0.15, -0.1) is 11.3 Å². The van der Waals surface area contributed by atoms with E-state index in [9.17, 15) is 17.6 Å². The first-order chi connectivity index (χ1) is 16.4. The normalized spacial score (nSPS) is 16.0. The van der Waals surface area contributed by atoms with Crippen LogP contribution in [0.1, 0.15) is 28.5 Å². The molecule has 0 N–H and O–H groups in total. The smallest absolute Gasteiger partial charge is 0.243 e. The lowest BCUT2D eigenvalue weighted by molar-refractivity contribution is -0.133. The first kappa shape index (κ1) is 24.5. The second-order valence-corrected chi connectivity index (χ2v) is 11.0. The van der Waals surface area contributed by atoms with Gasteiger partial charge in [-0.25, -0.2) is 12.8 Å². The molecule has 1 aromatic heterocycles. The highest BCUT2D eigenvalue weighted by atomic mass is 32.2. The fourth-order valence-electron chi connectivity index (χ4n) is 4.24. The van der Waals surface area contributed by atoms with Crippen molar-refractivity contribution in [3.05, 3.63) is 87.9 Å². The van der Waals surface area contributed by atoms with Crippen molar-refractivity contribution in [2.45, 2.75) is 23.8 Å². The number of carbonyl (C=O) groups excluding carboxylic acids is 1. The largest absolute Gasteiger partial charge is 0.385 e. The van der Waals surface area contributed by atoms with E-state index >= 15 is 0 Å². The zero-order chi connectivity index (χ0) is 24.1. The molecule has 1 aliphatic rings. The summed E-state index contributed by atoms with van der Waals surface area (Å²) in [6.07, 6.45) is 1.16. The van der Waals surface area contributed by atoms with Gasteiger partial charge in [-0.2, -0.15) is 4.31 Å². The molecule has 4 rings (SSSR count). The Morgan fingerprint density at radius 3 is 2.59 bits per heavy atom. The lowest BCUT2D eigenvalue weighted by Gasteiger charge is -2.37.